The zero-order chi connectivity index (χ0) is 18.8. The van der Waals surface area contributed by atoms with Crippen molar-refractivity contribution in [3.05, 3.63) is 64.1 Å². The lowest BCUT2D eigenvalue weighted by Gasteiger charge is -2.10. The molecule has 1 aliphatic rings. The highest BCUT2D eigenvalue weighted by molar-refractivity contribution is 5.61. The van der Waals surface area contributed by atoms with E-state index < -0.39 is 22.9 Å². The van der Waals surface area contributed by atoms with Crippen LogP contribution in [0.25, 0.3) is 11.3 Å². The average molecular weight is 374 g/mol. The molecule has 0 spiro atoms. The number of nitrogens with zero attached hydrogens (tertiary/aromatic N) is 1. The first-order valence-electron chi connectivity index (χ1n) is 8.48. The third kappa shape index (κ3) is 4.16. The van der Waals surface area contributed by atoms with Gasteiger partial charge in [0.05, 0.1) is 18.4 Å². The van der Waals surface area contributed by atoms with E-state index in [0.29, 0.717) is 24.1 Å². The maximum atomic E-state index is 14.3. The number of rotatable bonds is 7. The van der Waals surface area contributed by atoms with Crippen LogP contribution in [0.15, 0.2) is 45.7 Å². The second kappa shape index (κ2) is 7.22. The number of hydrogen-bond acceptors (Lipinski definition) is 5. The topological polar surface area (TPSA) is 77.3 Å². The van der Waals surface area contributed by atoms with Crippen molar-refractivity contribution in [2.24, 2.45) is 5.92 Å². The first-order chi connectivity index (χ1) is 13.1. The number of aromatic amines is 1. The molecule has 140 valence electrons. The number of H-pyrrole nitrogens is 1. The van der Waals surface area contributed by atoms with E-state index in [-0.39, 0.29) is 17.9 Å². The monoisotopic (exact) mass is 374 g/mol. The molecule has 0 amide bonds. The predicted molar refractivity (Wildman–Crippen MR) is 91.5 cm³/mol. The molecular formula is C19H16F2N2O4. The fraction of sp³-hybridized carbons (Fsp3) is 0.263. The molecule has 4 rings (SSSR count). The quantitative estimate of drug-likeness (QED) is 0.683. The van der Waals surface area contributed by atoms with Gasteiger partial charge in [-0.3, -0.25) is 4.79 Å². The van der Waals surface area contributed by atoms with Crippen LogP contribution in [0.5, 0.6) is 11.6 Å². The Morgan fingerprint density at radius 3 is 2.59 bits per heavy atom. The molecule has 1 fully saturated rings. The van der Waals surface area contributed by atoms with Gasteiger partial charge in [-0.2, -0.15) is 5.16 Å². The molecule has 27 heavy (non-hydrogen) atoms. The molecule has 0 unspecified atom stereocenters. The van der Waals surface area contributed by atoms with Crippen LogP contribution < -0.4 is 15.0 Å². The smallest absolute Gasteiger partial charge is 0.280 e. The standard InChI is InChI=1S/C19H16F2N2O4/c20-14-6-12(16-2-1-3-18(22-16)25-9-11-4-5-11)7-15(21)19(14)26-10-13-8-17(24)23-27-13/h1-3,6-8,11H,4-5,9-10H2,(H,23,24). The molecule has 1 aromatic carbocycles. The van der Waals surface area contributed by atoms with Crippen molar-refractivity contribution in [2.45, 2.75) is 19.4 Å². The second-order valence-electron chi connectivity index (χ2n) is 6.35. The van der Waals surface area contributed by atoms with Gasteiger partial charge in [-0.05, 0) is 37.0 Å². The summed E-state index contributed by atoms with van der Waals surface area (Å²) < 4.78 is 44.2. The highest BCUT2D eigenvalue weighted by atomic mass is 19.1. The maximum Gasteiger partial charge on any atom is 0.280 e. The molecule has 0 saturated heterocycles. The number of benzene rings is 1. The Hall–Kier alpha value is -3.16. The van der Waals surface area contributed by atoms with Crippen LogP contribution >= 0.6 is 0 Å². The zero-order valence-electron chi connectivity index (χ0n) is 14.2. The van der Waals surface area contributed by atoms with Crippen LogP contribution in [-0.2, 0) is 6.61 Å². The summed E-state index contributed by atoms with van der Waals surface area (Å²) in [5.41, 5.74) is 0.200. The van der Waals surface area contributed by atoms with Crippen molar-refractivity contribution in [2.75, 3.05) is 6.61 Å². The van der Waals surface area contributed by atoms with Gasteiger partial charge in [-0.1, -0.05) is 6.07 Å². The van der Waals surface area contributed by atoms with E-state index in [9.17, 15) is 13.6 Å². The van der Waals surface area contributed by atoms with E-state index in [2.05, 4.69) is 10.1 Å². The Morgan fingerprint density at radius 1 is 1.15 bits per heavy atom. The maximum absolute atomic E-state index is 14.3. The Kier molecular flexibility index (Phi) is 4.62. The Bertz CT molecular complexity index is 988. The van der Waals surface area contributed by atoms with Crippen molar-refractivity contribution < 1.29 is 22.8 Å². The van der Waals surface area contributed by atoms with Gasteiger partial charge >= 0.3 is 0 Å². The summed E-state index contributed by atoms with van der Waals surface area (Å²) in [6, 6.07) is 8.49. The largest absolute Gasteiger partial charge is 0.479 e. The minimum Gasteiger partial charge on any atom is -0.479 e. The average Bonchev–Trinajstić information content (AvgIpc) is 3.40. The number of hydrogen-bond donors (Lipinski definition) is 1. The van der Waals surface area contributed by atoms with E-state index in [4.69, 9.17) is 14.0 Å². The number of ether oxygens (including phenoxy) is 2. The number of aromatic nitrogens is 2. The van der Waals surface area contributed by atoms with Gasteiger partial charge in [0.2, 0.25) is 5.88 Å². The van der Waals surface area contributed by atoms with Gasteiger partial charge in [-0.15, -0.1) is 0 Å². The molecule has 1 N–H and O–H groups in total. The molecule has 3 aromatic rings. The lowest BCUT2D eigenvalue weighted by molar-refractivity contribution is 0.230. The molecule has 0 bridgehead atoms. The number of nitrogens with one attached hydrogen (secondary N) is 1. The molecule has 0 aliphatic heterocycles. The van der Waals surface area contributed by atoms with Gasteiger partial charge < -0.3 is 14.0 Å². The van der Waals surface area contributed by atoms with Crippen molar-refractivity contribution in [3.8, 4) is 22.9 Å². The number of pyridine rings is 1. The van der Waals surface area contributed by atoms with Crippen LogP contribution in [0.1, 0.15) is 18.6 Å². The van der Waals surface area contributed by atoms with Crippen molar-refractivity contribution in [1.29, 1.82) is 0 Å². The summed E-state index contributed by atoms with van der Waals surface area (Å²) in [4.78, 5) is 15.3. The summed E-state index contributed by atoms with van der Waals surface area (Å²) in [6.07, 6.45) is 2.31. The van der Waals surface area contributed by atoms with Crippen LogP contribution in [-0.4, -0.2) is 16.7 Å². The van der Waals surface area contributed by atoms with Gasteiger partial charge in [0.25, 0.3) is 5.56 Å². The molecular weight excluding hydrogens is 358 g/mol. The summed E-state index contributed by atoms with van der Waals surface area (Å²) >= 11 is 0. The number of halogens is 2. The highest BCUT2D eigenvalue weighted by Crippen LogP contribution is 2.31. The van der Waals surface area contributed by atoms with E-state index in [1.165, 1.54) is 0 Å². The lowest BCUT2D eigenvalue weighted by atomic mass is 10.1. The fourth-order valence-corrected chi connectivity index (χ4v) is 2.52. The summed E-state index contributed by atoms with van der Waals surface area (Å²) in [6.45, 7) is 0.315. The third-order valence-electron chi connectivity index (χ3n) is 4.11. The van der Waals surface area contributed by atoms with Gasteiger partial charge in [0, 0.05) is 11.6 Å². The molecule has 6 nitrogen and oxygen atoms in total. The summed E-state index contributed by atoms with van der Waals surface area (Å²) in [5, 5.41) is 2.07. The second-order valence-corrected chi connectivity index (χ2v) is 6.35. The third-order valence-corrected chi connectivity index (χ3v) is 4.11. The van der Waals surface area contributed by atoms with E-state index in [1.54, 1.807) is 18.2 Å². The molecule has 2 heterocycles. The Labute approximate surface area is 152 Å². The van der Waals surface area contributed by atoms with Crippen molar-refractivity contribution in [3.63, 3.8) is 0 Å². The lowest BCUT2D eigenvalue weighted by Crippen LogP contribution is -2.02. The van der Waals surface area contributed by atoms with Crippen LogP contribution in [0.2, 0.25) is 0 Å². The first-order valence-corrected chi connectivity index (χ1v) is 8.48. The minimum atomic E-state index is -0.881. The minimum absolute atomic E-state index is 0.130. The van der Waals surface area contributed by atoms with E-state index >= 15 is 0 Å². The van der Waals surface area contributed by atoms with E-state index in [0.717, 1.165) is 31.0 Å². The SMILES string of the molecule is O=c1cc(COc2c(F)cc(-c3cccc(OCC4CC4)n3)cc2F)o[nH]1. The summed E-state index contributed by atoms with van der Waals surface area (Å²) in [5.74, 6) is -1.19. The van der Waals surface area contributed by atoms with Crippen LogP contribution in [0, 0.1) is 17.6 Å². The van der Waals surface area contributed by atoms with Crippen LogP contribution in [0.4, 0.5) is 8.78 Å². The van der Waals surface area contributed by atoms with Crippen LogP contribution in [0.3, 0.4) is 0 Å². The summed E-state index contributed by atoms with van der Waals surface area (Å²) in [7, 11) is 0. The fourth-order valence-electron chi connectivity index (χ4n) is 2.52. The normalized spacial score (nSPS) is 13.6. The van der Waals surface area contributed by atoms with E-state index in [1.807, 2.05) is 0 Å². The van der Waals surface area contributed by atoms with Gasteiger partial charge in [0.15, 0.2) is 23.1 Å². The molecule has 0 atom stereocenters. The first kappa shape index (κ1) is 17.3. The molecule has 0 radical (unpaired) electrons. The van der Waals surface area contributed by atoms with Crippen molar-refractivity contribution >= 4 is 0 Å². The van der Waals surface area contributed by atoms with Gasteiger partial charge in [-0.25, -0.2) is 13.8 Å². The predicted octanol–water partition coefficient (Wildman–Crippen LogP) is 3.68. The Balaban J connectivity index is 1.52. The zero-order valence-corrected chi connectivity index (χ0v) is 14.2. The Morgan fingerprint density at radius 2 is 1.93 bits per heavy atom. The van der Waals surface area contributed by atoms with Crippen molar-refractivity contribution in [1.82, 2.24) is 10.1 Å². The highest BCUT2D eigenvalue weighted by Gasteiger charge is 2.22. The molecule has 1 aliphatic carbocycles. The van der Waals surface area contributed by atoms with Gasteiger partial charge in [0.1, 0.15) is 6.61 Å². The molecule has 2 aromatic heterocycles. The molecule has 1 saturated carbocycles. The molecule has 8 heteroatoms.